The van der Waals surface area contributed by atoms with Crippen LogP contribution in [-0.4, -0.2) is 69.0 Å². The van der Waals surface area contributed by atoms with E-state index in [1.165, 1.54) is 27.7 Å². The van der Waals surface area contributed by atoms with Crippen molar-refractivity contribution in [1.82, 2.24) is 0 Å². The summed E-state index contributed by atoms with van der Waals surface area (Å²) in [5.74, 6) is -5.28. The minimum absolute atomic E-state index is 0. The average Bonchev–Trinajstić information content (AvgIpc) is 2.15. The number of ketones is 2. The number of aliphatic carboxylic acids is 2. The summed E-state index contributed by atoms with van der Waals surface area (Å²) in [7, 11) is 0. The Labute approximate surface area is 137 Å². The van der Waals surface area contributed by atoms with Gasteiger partial charge in [-0.05, 0) is 13.8 Å². The molecule has 0 heterocycles. The minimum Gasteiger partial charge on any atom is -0.549 e. The molecule has 0 radical (unpaired) electrons. The molecule has 2 unspecified atom stereocenters. The minimum atomic E-state index is -1.31. The molecule has 2 atom stereocenters. The van der Waals surface area contributed by atoms with Crippen molar-refractivity contribution < 1.29 is 29.4 Å². The molecule has 92 valence electrons. The Kier molecular flexibility index (Phi) is 14.1. The Balaban J connectivity index is -0.000000218. The second kappa shape index (κ2) is 10.9. The smallest absolute Gasteiger partial charge is 0.549 e. The van der Waals surface area contributed by atoms with E-state index in [-0.39, 0.29) is 57.0 Å². The van der Waals surface area contributed by atoms with Gasteiger partial charge in [-0.15, -0.1) is 0 Å². The summed E-state index contributed by atoms with van der Waals surface area (Å²) in [6.07, 6.45) is 0. The second-order valence-corrected chi connectivity index (χ2v) is 3.30. The number of hydrogen-bond donors (Lipinski definition) is 0. The molecule has 0 aliphatic heterocycles. The first-order chi connectivity index (χ1) is 7.11. The fourth-order valence-electron chi connectivity index (χ4n) is 0.332. The van der Waals surface area contributed by atoms with Gasteiger partial charge in [-0.25, -0.2) is 0 Å². The van der Waals surface area contributed by atoms with E-state index in [1.807, 2.05) is 0 Å². The molecule has 0 bridgehead atoms. The van der Waals surface area contributed by atoms with Crippen LogP contribution in [0.1, 0.15) is 27.7 Å². The second-order valence-electron chi connectivity index (χ2n) is 3.30. The van der Waals surface area contributed by atoms with Crippen LogP contribution < -0.4 is 10.2 Å². The predicted molar refractivity (Wildman–Crippen MR) is 55.5 cm³/mol. The van der Waals surface area contributed by atoms with Crippen LogP contribution in [0.3, 0.4) is 0 Å². The van der Waals surface area contributed by atoms with Crippen molar-refractivity contribution in [1.29, 1.82) is 0 Å². The Morgan fingerprint density at radius 1 is 0.765 bits per heavy atom. The summed E-state index contributed by atoms with van der Waals surface area (Å²) in [5, 5.41) is 19.6. The van der Waals surface area contributed by atoms with E-state index >= 15 is 0 Å². The summed E-state index contributed by atoms with van der Waals surface area (Å²) in [5.41, 5.74) is 0. The third kappa shape index (κ3) is 12.0. The molecule has 0 saturated carbocycles. The zero-order chi connectivity index (χ0) is 13.5. The van der Waals surface area contributed by atoms with Crippen molar-refractivity contribution in [2.24, 2.45) is 11.8 Å². The van der Waals surface area contributed by atoms with Crippen LogP contribution in [0.2, 0.25) is 0 Å². The van der Waals surface area contributed by atoms with E-state index in [4.69, 9.17) is 0 Å². The molecule has 0 saturated heterocycles. The van der Waals surface area contributed by atoms with Crippen molar-refractivity contribution in [3.8, 4) is 0 Å². The molecule has 7 heteroatoms. The van der Waals surface area contributed by atoms with Crippen LogP contribution in [0.5, 0.6) is 0 Å². The maximum atomic E-state index is 10.2. The van der Waals surface area contributed by atoms with Crippen LogP contribution in [0, 0.1) is 11.8 Å². The first-order valence-electron chi connectivity index (χ1n) is 4.53. The van der Waals surface area contributed by atoms with Crippen molar-refractivity contribution >= 4 is 69.0 Å². The Morgan fingerprint density at radius 3 is 0.941 bits per heavy atom. The number of Topliss-reactive ketones (excluding diaryl/α,β-unsaturated/α-hetero) is 2. The first kappa shape index (κ1) is 22.0. The fourth-order valence-corrected chi connectivity index (χ4v) is 0.332. The summed E-state index contributed by atoms with van der Waals surface area (Å²) in [6, 6.07) is 0. The topological polar surface area (TPSA) is 114 Å². The molecule has 0 aliphatic rings. The van der Waals surface area contributed by atoms with Gasteiger partial charge in [0.1, 0.15) is 11.6 Å². The third-order valence-corrected chi connectivity index (χ3v) is 1.93. The van der Waals surface area contributed by atoms with Gasteiger partial charge >= 0.3 is 45.5 Å². The van der Waals surface area contributed by atoms with Crippen molar-refractivity contribution in [3.05, 3.63) is 0 Å². The zero-order valence-electron chi connectivity index (χ0n) is 10.3. The van der Waals surface area contributed by atoms with Crippen LogP contribution in [0.15, 0.2) is 0 Å². The van der Waals surface area contributed by atoms with Gasteiger partial charge in [0.2, 0.25) is 0 Å². The van der Waals surface area contributed by atoms with Gasteiger partial charge in [0, 0.05) is 0 Å². The standard InChI is InChI=1S/2C5H8O3.Sr/c2*1-3(4(2)6)5(7)8;/h2*3H,1-2H3,(H,7,8);/q;;+2/p-2. The molecule has 0 spiro atoms. The van der Waals surface area contributed by atoms with E-state index in [0.717, 1.165) is 0 Å². The SMILES string of the molecule is CC(=O)C(C)C(=O)[O-].CC(=O)C(C)C(=O)[O-].[Sr+2]. The van der Waals surface area contributed by atoms with Gasteiger partial charge < -0.3 is 19.8 Å². The molecule has 17 heavy (non-hydrogen) atoms. The number of carboxylic acid groups (broad SMARTS) is 2. The molecule has 0 N–H and O–H groups in total. The van der Waals surface area contributed by atoms with Crippen molar-refractivity contribution in [2.75, 3.05) is 0 Å². The summed E-state index contributed by atoms with van der Waals surface area (Å²) < 4.78 is 0. The molecule has 0 fully saturated rings. The van der Waals surface area contributed by atoms with Gasteiger partial charge in [-0.3, -0.25) is 9.59 Å². The van der Waals surface area contributed by atoms with Crippen molar-refractivity contribution in [3.63, 3.8) is 0 Å². The number of rotatable bonds is 4. The first-order valence-corrected chi connectivity index (χ1v) is 4.53. The number of carbonyl (C=O) groups is 4. The Hall–Kier alpha value is -0.239. The summed E-state index contributed by atoms with van der Waals surface area (Å²) in [4.78, 5) is 39.9. The third-order valence-electron chi connectivity index (χ3n) is 1.93. The molecular formula is C10H14O6Sr. The Morgan fingerprint density at radius 2 is 0.941 bits per heavy atom. The summed E-state index contributed by atoms with van der Waals surface area (Å²) in [6.45, 7) is 5.05. The zero-order valence-corrected chi connectivity index (χ0v) is 13.8. The van der Waals surface area contributed by atoms with Gasteiger partial charge in [0.05, 0.1) is 23.8 Å². The fraction of sp³-hybridized carbons (Fsp3) is 0.600. The quantitative estimate of drug-likeness (QED) is 0.420. The molecule has 0 aromatic heterocycles. The molecule has 0 aliphatic carbocycles. The maximum Gasteiger partial charge on any atom is 2.00 e. The van der Waals surface area contributed by atoms with Gasteiger partial charge in [-0.1, -0.05) is 13.8 Å². The maximum absolute atomic E-state index is 10.2. The van der Waals surface area contributed by atoms with Crippen molar-refractivity contribution in [2.45, 2.75) is 27.7 Å². The van der Waals surface area contributed by atoms with Crippen LogP contribution in [-0.2, 0) is 19.2 Å². The Bertz CT molecular complexity index is 241. The molecule has 0 aromatic rings. The molecular weight excluding hydrogens is 304 g/mol. The normalized spacial score (nSPS) is 12.0. The van der Waals surface area contributed by atoms with E-state index in [0.29, 0.717) is 0 Å². The van der Waals surface area contributed by atoms with Crippen LogP contribution in [0.4, 0.5) is 0 Å². The van der Waals surface area contributed by atoms with Gasteiger partial charge in [-0.2, -0.15) is 0 Å². The molecule has 0 aromatic carbocycles. The molecule has 6 nitrogen and oxygen atoms in total. The monoisotopic (exact) mass is 318 g/mol. The number of carbonyl (C=O) groups excluding carboxylic acids is 4. The van der Waals surface area contributed by atoms with E-state index < -0.39 is 23.8 Å². The summed E-state index contributed by atoms with van der Waals surface area (Å²) >= 11 is 0. The van der Waals surface area contributed by atoms with E-state index in [2.05, 4.69) is 0 Å². The largest absolute Gasteiger partial charge is 2.00 e. The predicted octanol–water partition coefficient (Wildman–Crippen LogP) is -2.46. The number of hydrogen-bond acceptors (Lipinski definition) is 6. The van der Waals surface area contributed by atoms with Gasteiger partial charge in [0.25, 0.3) is 0 Å². The van der Waals surface area contributed by atoms with E-state index in [1.54, 1.807) is 0 Å². The number of carboxylic acids is 2. The van der Waals surface area contributed by atoms with E-state index in [9.17, 15) is 29.4 Å². The van der Waals surface area contributed by atoms with Crippen LogP contribution >= 0.6 is 0 Å². The average molecular weight is 318 g/mol. The van der Waals surface area contributed by atoms with Crippen LogP contribution in [0.25, 0.3) is 0 Å². The molecule has 0 amide bonds. The van der Waals surface area contributed by atoms with Gasteiger partial charge in [0.15, 0.2) is 0 Å². The molecule has 0 rings (SSSR count).